The lowest BCUT2D eigenvalue weighted by Gasteiger charge is -1.92. The third-order valence-corrected chi connectivity index (χ3v) is 1.83. The minimum atomic E-state index is -0.125. The van der Waals surface area contributed by atoms with E-state index in [1.165, 1.54) is 0 Å². The topological polar surface area (TPSA) is 57.5 Å². The molecule has 0 aliphatic heterocycles. The summed E-state index contributed by atoms with van der Waals surface area (Å²) in [5, 5.41) is 15.6. The minimum absolute atomic E-state index is 0.125. The summed E-state index contributed by atoms with van der Waals surface area (Å²) in [6.45, 7) is -0.250. The highest BCUT2D eigenvalue weighted by Gasteiger charge is 1.99. The van der Waals surface area contributed by atoms with Crippen LogP contribution in [-0.2, 0) is 0 Å². The highest BCUT2D eigenvalue weighted by molar-refractivity contribution is 9.09. The molecule has 14 heavy (non-hydrogen) atoms. The van der Waals surface area contributed by atoms with Crippen molar-refractivity contribution in [3.05, 3.63) is 35.9 Å². The zero-order chi connectivity index (χ0) is 10.8. The molecule has 0 bridgehead atoms. The van der Waals surface area contributed by atoms with Gasteiger partial charge in [0.15, 0.2) is 5.78 Å². The second-order valence-corrected chi connectivity index (χ2v) is 2.93. The third kappa shape index (κ3) is 5.85. The summed E-state index contributed by atoms with van der Waals surface area (Å²) in [4.78, 5) is 11.0. The highest BCUT2D eigenvalue weighted by Crippen LogP contribution is 2.01. The maximum absolute atomic E-state index is 11.0. The van der Waals surface area contributed by atoms with Crippen molar-refractivity contribution in [3.8, 4) is 0 Å². The van der Waals surface area contributed by atoms with Crippen LogP contribution in [0.2, 0.25) is 0 Å². The predicted octanol–water partition coefficient (Wildman–Crippen LogP) is 1.24. The van der Waals surface area contributed by atoms with E-state index in [0.717, 1.165) is 5.56 Å². The summed E-state index contributed by atoms with van der Waals surface area (Å²) in [6, 6.07) is 9.23. The summed E-state index contributed by atoms with van der Waals surface area (Å²) < 4.78 is 0. The van der Waals surface area contributed by atoms with Gasteiger partial charge in [0.2, 0.25) is 0 Å². The second-order valence-electron chi connectivity index (χ2n) is 2.37. The van der Waals surface area contributed by atoms with Gasteiger partial charge in [0, 0.05) is 5.56 Å². The molecule has 0 heterocycles. The molecule has 0 aliphatic rings. The molecule has 0 saturated heterocycles. The Labute approximate surface area is 91.5 Å². The van der Waals surface area contributed by atoms with Crippen molar-refractivity contribution >= 4 is 21.7 Å². The van der Waals surface area contributed by atoms with Gasteiger partial charge in [-0.1, -0.05) is 46.3 Å². The normalized spacial score (nSPS) is 8.79. The first-order valence-corrected chi connectivity index (χ1v) is 5.24. The minimum Gasteiger partial charge on any atom is -0.394 e. The molecule has 0 unspecified atom stereocenters. The van der Waals surface area contributed by atoms with E-state index in [0.29, 0.717) is 5.33 Å². The van der Waals surface area contributed by atoms with Crippen LogP contribution in [0.15, 0.2) is 30.3 Å². The van der Waals surface area contributed by atoms with Gasteiger partial charge in [-0.05, 0) is 0 Å². The van der Waals surface area contributed by atoms with E-state index in [9.17, 15) is 4.79 Å². The molecule has 0 amide bonds. The monoisotopic (exact) mass is 260 g/mol. The molecule has 0 saturated carbocycles. The molecule has 78 valence electrons. The van der Waals surface area contributed by atoms with Crippen LogP contribution in [0.3, 0.4) is 0 Å². The largest absolute Gasteiger partial charge is 0.394 e. The molecule has 1 aromatic rings. The van der Waals surface area contributed by atoms with E-state index in [4.69, 9.17) is 10.2 Å². The van der Waals surface area contributed by atoms with E-state index in [1.54, 1.807) is 0 Å². The quantitative estimate of drug-likeness (QED) is 0.635. The predicted molar refractivity (Wildman–Crippen MR) is 58.7 cm³/mol. The molecule has 0 aromatic heterocycles. The number of hydrogen-bond acceptors (Lipinski definition) is 3. The Bertz CT molecular complexity index is 247. The maximum Gasteiger partial charge on any atom is 0.173 e. The fourth-order valence-electron chi connectivity index (χ4n) is 0.701. The fourth-order valence-corrected chi connectivity index (χ4v) is 1.02. The van der Waals surface area contributed by atoms with Crippen LogP contribution in [0, 0.1) is 0 Å². The molecule has 1 rings (SSSR count). The number of rotatable bonds is 3. The van der Waals surface area contributed by atoms with E-state index >= 15 is 0 Å². The number of halogens is 1. The van der Waals surface area contributed by atoms with Gasteiger partial charge in [-0.15, -0.1) is 0 Å². The van der Waals surface area contributed by atoms with E-state index in [1.807, 2.05) is 30.3 Å². The standard InChI is InChI=1S/C8H7BrO.C2H6O2/c9-6-8(10)7-4-2-1-3-5-7;3-1-2-4/h1-5H,6H2;3-4H,1-2H2. The van der Waals surface area contributed by atoms with Gasteiger partial charge in [-0.3, -0.25) is 4.79 Å². The van der Waals surface area contributed by atoms with Crippen LogP contribution in [0.25, 0.3) is 0 Å². The number of hydrogen-bond donors (Lipinski definition) is 2. The van der Waals surface area contributed by atoms with Gasteiger partial charge in [0.05, 0.1) is 18.5 Å². The lowest BCUT2D eigenvalue weighted by molar-refractivity contribution is 0.102. The van der Waals surface area contributed by atoms with Crippen molar-refractivity contribution in [2.75, 3.05) is 18.5 Å². The molecule has 0 atom stereocenters. The number of ketones is 1. The molecule has 0 fully saturated rings. The van der Waals surface area contributed by atoms with Crippen LogP contribution < -0.4 is 0 Å². The molecule has 2 N–H and O–H groups in total. The Balaban J connectivity index is 0.000000364. The van der Waals surface area contributed by atoms with Crippen LogP contribution in [-0.4, -0.2) is 34.5 Å². The van der Waals surface area contributed by atoms with E-state index in [-0.39, 0.29) is 19.0 Å². The summed E-state index contributed by atoms with van der Waals surface area (Å²) in [5.41, 5.74) is 0.763. The summed E-state index contributed by atoms with van der Waals surface area (Å²) in [5.74, 6) is 0.126. The smallest absolute Gasteiger partial charge is 0.173 e. The maximum atomic E-state index is 11.0. The number of carbonyl (C=O) groups excluding carboxylic acids is 1. The zero-order valence-electron chi connectivity index (χ0n) is 7.69. The second kappa shape index (κ2) is 8.87. The van der Waals surface area contributed by atoms with Gasteiger partial charge < -0.3 is 10.2 Å². The Morgan fingerprint density at radius 2 is 1.64 bits per heavy atom. The molecular formula is C10H13BrO3. The summed E-state index contributed by atoms with van der Waals surface area (Å²) in [6.07, 6.45) is 0. The fraction of sp³-hybridized carbons (Fsp3) is 0.300. The molecule has 4 heteroatoms. The molecular weight excluding hydrogens is 248 g/mol. The van der Waals surface area contributed by atoms with Gasteiger partial charge in [-0.25, -0.2) is 0 Å². The van der Waals surface area contributed by atoms with Crippen molar-refractivity contribution in [1.29, 1.82) is 0 Å². The van der Waals surface area contributed by atoms with Crippen molar-refractivity contribution in [1.82, 2.24) is 0 Å². The number of alkyl halides is 1. The van der Waals surface area contributed by atoms with E-state index < -0.39 is 0 Å². The molecule has 3 nitrogen and oxygen atoms in total. The SMILES string of the molecule is O=C(CBr)c1ccccc1.OCCO. The lowest BCUT2D eigenvalue weighted by atomic mass is 10.2. The Morgan fingerprint density at radius 3 is 2.00 bits per heavy atom. The van der Waals surface area contributed by atoms with Crippen LogP contribution >= 0.6 is 15.9 Å². The summed E-state index contributed by atoms with van der Waals surface area (Å²) in [7, 11) is 0. The Hall–Kier alpha value is -0.710. The molecule has 0 radical (unpaired) electrons. The number of aliphatic hydroxyl groups is 2. The Morgan fingerprint density at radius 1 is 1.14 bits per heavy atom. The first-order chi connectivity index (χ1) is 6.76. The number of benzene rings is 1. The third-order valence-electron chi connectivity index (χ3n) is 1.32. The van der Waals surface area contributed by atoms with Crippen molar-refractivity contribution < 1.29 is 15.0 Å². The number of carbonyl (C=O) groups is 1. The highest BCUT2D eigenvalue weighted by atomic mass is 79.9. The van der Waals surface area contributed by atoms with Crippen molar-refractivity contribution in [3.63, 3.8) is 0 Å². The lowest BCUT2D eigenvalue weighted by Crippen LogP contribution is -1.98. The molecule has 0 aliphatic carbocycles. The van der Waals surface area contributed by atoms with Gasteiger partial charge in [0.25, 0.3) is 0 Å². The van der Waals surface area contributed by atoms with Crippen LogP contribution in [0.1, 0.15) is 10.4 Å². The first-order valence-electron chi connectivity index (χ1n) is 4.12. The van der Waals surface area contributed by atoms with Gasteiger partial charge in [0.1, 0.15) is 0 Å². The zero-order valence-corrected chi connectivity index (χ0v) is 9.27. The molecule has 0 spiro atoms. The van der Waals surface area contributed by atoms with Gasteiger partial charge in [-0.2, -0.15) is 0 Å². The van der Waals surface area contributed by atoms with Crippen LogP contribution in [0.5, 0.6) is 0 Å². The summed E-state index contributed by atoms with van der Waals surface area (Å²) >= 11 is 3.10. The first kappa shape index (κ1) is 13.3. The van der Waals surface area contributed by atoms with E-state index in [2.05, 4.69) is 15.9 Å². The average Bonchev–Trinajstić information content (AvgIpc) is 2.29. The van der Waals surface area contributed by atoms with Crippen molar-refractivity contribution in [2.45, 2.75) is 0 Å². The molecule has 1 aromatic carbocycles. The van der Waals surface area contributed by atoms with Crippen molar-refractivity contribution in [2.24, 2.45) is 0 Å². The number of Topliss-reactive ketones (excluding diaryl/α,β-unsaturated/α-hetero) is 1. The average molecular weight is 261 g/mol. The Kier molecular flexibility index (Phi) is 8.42. The van der Waals surface area contributed by atoms with Crippen LogP contribution in [0.4, 0.5) is 0 Å². The number of aliphatic hydroxyl groups excluding tert-OH is 2. The van der Waals surface area contributed by atoms with Gasteiger partial charge >= 0.3 is 0 Å².